The van der Waals surface area contributed by atoms with Crippen molar-refractivity contribution < 1.29 is 9.53 Å². The number of hydrogen-bond acceptors (Lipinski definition) is 3. The van der Waals surface area contributed by atoms with Gasteiger partial charge in [-0.3, -0.25) is 9.79 Å². The topological polar surface area (TPSA) is 74.8 Å². The molecule has 158 valence electrons. The molecule has 1 aromatic carbocycles. The van der Waals surface area contributed by atoms with Gasteiger partial charge in [0.15, 0.2) is 5.96 Å². The van der Waals surface area contributed by atoms with Crippen LogP contribution in [0.25, 0.3) is 0 Å². The van der Waals surface area contributed by atoms with E-state index in [9.17, 15) is 4.79 Å². The maximum atomic E-state index is 12.1. The summed E-state index contributed by atoms with van der Waals surface area (Å²) >= 11 is 6.26. The van der Waals surface area contributed by atoms with Crippen molar-refractivity contribution in [1.29, 1.82) is 0 Å². The van der Waals surface area contributed by atoms with Crippen molar-refractivity contribution in [1.82, 2.24) is 16.0 Å². The van der Waals surface area contributed by atoms with E-state index in [4.69, 9.17) is 16.3 Å². The lowest BCUT2D eigenvalue weighted by Gasteiger charge is -2.21. The summed E-state index contributed by atoms with van der Waals surface area (Å²) in [6, 6.07) is 5.70. The van der Waals surface area contributed by atoms with Crippen molar-refractivity contribution in [2.45, 2.75) is 38.5 Å². The molecule has 6 nitrogen and oxygen atoms in total. The average molecular weight is 523 g/mol. The van der Waals surface area contributed by atoms with Gasteiger partial charge in [-0.2, -0.15) is 0 Å². The summed E-state index contributed by atoms with van der Waals surface area (Å²) < 4.78 is 5.16. The van der Waals surface area contributed by atoms with Gasteiger partial charge in [0.05, 0.1) is 7.11 Å². The van der Waals surface area contributed by atoms with Crippen LogP contribution in [0.15, 0.2) is 23.2 Å². The molecule has 0 bridgehead atoms. The van der Waals surface area contributed by atoms with Gasteiger partial charge in [0.2, 0.25) is 5.91 Å². The van der Waals surface area contributed by atoms with Gasteiger partial charge in [-0.05, 0) is 37.0 Å². The maximum absolute atomic E-state index is 12.1. The molecular formula is C20H32ClIN4O2. The number of nitrogens with zero attached hydrogens (tertiary/aromatic N) is 1. The van der Waals surface area contributed by atoms with Gasteiger partial charge >= 0.3 is 0 Å². The Hall–Kier alpha value is -1.22. The van der Waals surface area contributed by atoms with Gasteiger partial charge < -0.3 is 20.7 Å². The molecule has 1 fully saturated rings. The first kappa shape index (κ1) is 24.8. The summed E-state index contributed by atoms with van der Waals surface area (Å²) in [4.78, 5) is 16.3. The zero-order valence-electron chi connectivity index (χ0n) is 16.7. The minimum Gasteiger partial charge on any atom is -0.497 e. The van der Waals surface area contributed by atoms with Crippen molar-refractivity contribution in [2.24, 2.45) is 10.9 Å². The average Bonchev–Trinajstić information content (AvgIpc) is 2.71. The first-order valence-electron chi connectivity index (χ1n) is 9.68. The third-order valence-electron chi connectivity index (χ3n) is 4.86. The molecule has 0 saturated heterocycles. The Balaban J connectivity index is 0.00000392. The molecule has 8 heteroatoms. The fourth-order valence-corrected chi connectivity index (χ4v) is 3.53. The maximum Gasteiger partial charge on any atom is 0.223 e. The van der Waals surface area contributed by atoms with Crippen LogP contribution in [0.1, 0.15) is 37.7 Å². The van der Waals surface area contributed by atoms with Crippen LogP contribution in [0.5, 0.6) is 5.75 Å². The number of rotatable bonds is 8. The third kappa shape index (κ3) is 8.43. The molecule has 1 aromatic rings. The van der Waals surface area contributed by atoms with E-state index in [-0.39, 0.29) is 35.8 Å². The molecule has 1 aliphatic rings. The minimum absolute atomic E-state index is 0. The summed E-state index contributed by atoms with van der Waals surface area (Å²) in [5.74, 6) is 1.86. The molecule has 1 aliphatic carbocycles. The summed E-state index contributed by atoms with van der Waals surface area (Å²) in [6.45, 7) is 1.95. The van der Waals surface area contributed by atoms with Gasteiger partial charge in [0, 0.05) is 37.6 Å². The number of benzene rings is 1. The minimum atomic E-state index is 0. The molecule has 1 saturated carbocycles. The predicted octanol–water partition coefficient (Wildman–Crippen LogP) is 3.37. The van der Waals surface area contributed by atoms with Gasteiger partial charge in [-0.25, -0.2) is 0 Å². The molecule has 0 heterocycles. The van der Waals surface area contributed by atoms with E-state index in [2.05, 4.69) is 20.9 Å². The molecule has 0 aromatic heterocycles. The first-order chi connectivity index (χ1) is 13.1. The Bertz CT molecular complexity index is 637. The second kappa shape index (κ2) is 13.9. The number of ether oxygens (including phenoxy) is 1. The highest BCUT2D eigenvalue weighted by Crippen LogP contribution is 2.23. The van der Waals surface area contributed by atoms with Gasteiger partial charge in [-0.1, -0.05) is 36.9 Å². The third-order valence-corrected chi connectivity index (χ3v) is 5.22. The lowest BCUT2D eigenvalue weighted by Crippen LogP contribution is -2.43. The number of carbonyl (C=O) groups is 1. The largest absolute Gasteiger partial charge is 0.497 e. The van der Waals surface area contributed by atoms with Gasteiger partial charge in [0.1, 0.15) is 5.75 Å². The highest BCUT2D eigenvalue weighted by molar-refractivity contribution is 14.0. The summed E-state index contributed by atoms with van der Waals surface area (Å²) in [5, 5.41) is 10.2. The molecule has 28 heavy (non-hydrogen) atoms. The van der Waals surface area contributed by atoms with Crippen LogP contribution in [-0.2, 0) is 11.2 Å². The van der Waals surface area contributed by atoms with Gasteiger partial charge in [0.25, 0.3) is 0 Å². The lowest BCUT2D eigenvalue weighted by molar-refractivity contribution is -0.125. The van der Waals surface area contributed by atoms with Crippen LogP contribution >= 0.6 is 35.6 Å². The van der Waals surface area contributed by atoms with E-state index in [1.54, 1.807) is 14.2 Å². The van der Waals surface area contributed by atoms with Crippen molar-refractivity contribution in [3.8, 4) is 5.75 Å². The predicted molar refractivity (Wildman–Crippen MR) is 126 cm³/mol. The number of guanidine groups is 1. The van der Waals surface area contributed by atoms with E-state index in [0.29, 0.717) is 30.6 Å². The van der Waals surface area contributed by atoms with E-state index in [0.717, 1.165) is 30.6 Å². The van der Waals surface area contributed by atoms with Crippen molar-refractivity contribution in [3.63, 3.8) is 0 Å². The molecule has 0 aliphatic heterocycles. The Labute approximate surface area is 190 Å². The SMILES string of the molecule is CN=C(NCCNC(=O)C1CCCCC1)NCCc1ccc(OC)cc1Cl.I. The van der Waals surface area contributed by atoms with Crippen LogP contribution in [-0.4, -0.2) is 45.7 Å². The number of nitrogens with one attached hydrogen (secondary N) is 3. The van der Waals surface area contributed by atoms with Crippen molar-refractivity contribution in [3.05, 3.63) is 28.8 Å². The van der Waals surface area contributed by atoms with Crippen molar-refractivity contribution >= 4 is 47.4 Å². The fourth-order valence-electron chi connectivity index (χ4n) is 3.27. The van der Waals surface area contributed by atoms with Crippen LogP contribution in [0, 0.1) is 5.92 Å². The van der Waals surface area contributed by atoms with E-state index in [1.165, 1.54) is 19.3 Å². The zero-order valence-corrected chi connectivity index (χ0v) is 19.8. The van der Waals surface area contributed by atoms with E-state index < -0.39 is 0 Å². The Morgan fingerprint density at radius 3 is 2.46 bits per heavy atom. The molecule has 0 atom stereocenters. The van der Waals surface area contributed by atoms with Crippen LogP contribution < -0.4 is 20.7 Å². The molecule has 2 rings (SSSR count). The van der Waals surface area contributed by atoms with Gasteiger partial charge in [-0.15, -0.1) is 24.0 Å². The smallest absolute Gasteiger partial charge is 0.223 e. The molecule has 0 unspecified atom stereocenters. The monoisotopic (exact) mass is 522 g/mol. The first-order valence-corrected chi connectivity index (χ1v) is 10.1. The molecule has 0 spiro atoms. The normalized spacial score (nSPS) is 14.8. The highest BCUT2D eigenvalue weighted by atomic mass is 127. The Kier molecular flexibility index (Phi) is 12.3. The van der Waals surface area contributed by atoms with Crippen LogP contribution in [0.3, 0.4) is 0 Å². The van der Waals surface area contributed by atoms with Crippen LogP contribution in [0.4, 0.5) is 0 Å². The van der Waals surface area contributed by atoms with Crippen LogP contribution in [0.2, 0.25) is 5.02 Å². The number of amides is 1. The number of carbonyl (C=O) groups excluding carboxylic acids is 1. The van der Waals surface area contributed by atoms with E-state index >= 15 is 0 Å². The molecule has 0 radical (unpaired) electrons. The second-order valence-corrected chi connectivity index (χ2v) is 7.17. The molecule has 3 N–H and O–H groups in total. The number of aliphatic imine (C=N–C) groups is 1. The standard InChI is InChI=1S/C20H31ClN4O2.HI/c1-22-20(24-11-10-15-8-9-17(27-2)14-18(15)21)25-13-12-23-19(26)16-6-4-3-5-7-16;/h8-9,14,16H,3-7,10-13H2,1-2H3,(H,23,26)(H2,22,24,25);1H. The summed E-state index contributed by atoms with van der Waals surface area (Å²) in [5.41, 5.74) is 1.06. The fraction of sp³-hybridized carbons (Fsp3) is 0.600. The molecule has 1 amide bonds. The highest BCUT2D eigenvalue weighted by Gasteiger charge is 2.20. The Morgan fingerprint density at radius 2 is 1.82 bits per heavy atom. The lowest BCUT2D eigenvalue weighted by atomic mass is 9.89. The second-order valence-electron chi connectivity index (χ2n) is 6.76. The molecular weight excluding hydrogens is 491 g/mol. The summed E-state index contributed by atoms with van der Waals surface area (Å²) in [7, 11) is 3.36. The Morgan fingerprint density at radius 1 is 1.14 bits per heavy atom. The van der Waals surface area contributed by atoms with E-state index in [1.807, 2.05) is 18.2 Å². The number of hydrogen-bond donors (Lipinski definition) is 3. The quantitative estimate of drug-likeness (QED) is 0.212. The number of halogens is 2. The zero-order chi connectivity index (χ0) is 19.5. The summed E-state index contributed by atoms with van der Waals surface area (Å²) in [6.07, 6.45) is 6.43. The van der Waals surface area contributed by atoms with Crippen molar-refractivity contribution in [2.75, 3.05) is 33.8 Å². The number of methoxy groups -OCH3 is 1.